The number of rotatable bonds is 6. The highest BCUT2D eigenvalue weighted by molar-refractivity contribution is 5.89. The molecule has 3 amide bonds. The van der Waals surface area contributed by atoms with E-state index in [1.807, 2.05) is 22.8 Å². The second kappa shape index (κ2) is 9.28. The van der Waals surface area contributed by atoms with Gasteiger partial charge in [-0.15, -0.1) is 0 Å². The molecule has 1 aromatic carbocycles. The number of nitrogens with one attached hydrogen (secondary N) is 1. The monoisotopic (exact) mass is 511 g/mol. The van der Waals surface area contributed by atoms with Crippen molar-refractivity contribution >= 4 is 17.9 Å². The quantitative estimate of drug-likeness (QED) is 0.629. The van der Waals surface area contributed by atoms with Crippen LogP contribution in [0.5, 0.6) is 0 Å². The van der Waals surface area contributed by atoms with Gasteiger partial charge in [0.2, 0.25) is 11.8 Å². The molecule has 1 unspecified atom stereocenters. The van der Waals surface area contributed by atoms with Crippen molar-refractivity contribution in [2.45, 2.75) is 88.8 Å². The van der Waals surface area contributed by atoms with Gasteiger partial charge in [0.25, 0.3) is 0 Å². The highest BCUT2D eigenvalue weighted by Gasteiger charge is 2.56. The Balaban J connectivity index is 1.31. The molecular weight excluding hydrogens is 477 g/mol. The third-order valence-electron chi connectivity index (χ3n) is 7.98. The molecule has 2 bridgehead atoms. The maximum atomic E-state index is 13.8. The number of amides is 3. The zero-order valence-corrected chi connectivity index (χ0v) is 21.7. The fraction of sp³-hybridized carbons (Fsp3) is 0.630. The minimum atomic E-state index is -0.939. The van der Waals surface area contributed by atoms with Crippen LogP contribution in [-0.4, -0.2) is 81.5 Å². The molecule has 7 atom stereocenters. The molecule has 1 aliphatic carbocycles. The lowest BCUT2D eigenvalue weighted by Gasteiger charge is -2.39. The zero-order valence-electron chi connectivity index (χ0n) is 21.7. The molecule has 198 valence electrons. The fourth-order valence-electron chi connectivity index (χ4n) is 6.26. The molecule has 0 radical (unpaired) electrons. The first kappa shape index (κ1) is 25.5. The van der Waals surface area contributed by atoms with Crippen LogP contribution in [0.25, 0.3) is 0 Å². The summed E-state index contributed by atoms with van der Waals surface area (Å²) in [7, 11) is 0. The van der Waals surface area contributed by atoms with Gasteiger partial charge in [-0.05, 0) is 70.6 Å². The number of ether oxygens (including phenoxy) is 1. The number of nitriles is 1. The first-order chi connectivity index (χ1) is 17.5. The van der Waals surface area contributed by atoms with Crippen molar-refractivity contribution < 1.29 is 23.5 Å². The number of carbonyl (C=O) groups is 3. The minimum absolute atomic E-state index is 0.0411. The summed E-state index contributed by atoms with van der Waals surface area (Å²) >= 11 is 0. The van der Waals surface area contributed by atoms with Crippen LogP contribution in [0.3, 0.4) is 0 Å². The number of alkyl carbamates (subject to hydrolysis) is 1. The smallest absolute Gasteiger partial charge is 0.408 e. The van der Waals surface area contributed by atoms with Crippen molar-refractivity contribution in [1.82, 2.24) is 20.0 Å². The van der Waals surface area contributed by atoms with E-state index in [1.165, 1.54) is 12.1 Å². The molecule has 1 N–H and O–H groups in total. The number of hydrogen-bond donors (Lipinski definition) is 1. The number of halogens is 1. The minimum Gasteiger partial charge on any atom is -0.444 e. The third kappa shape index (κ3) is 4.89. The van der Waals surface area contributed by atoms with Crippen LogP contribution in [0.1, 0.15) is 58.6 Å². The van der Waals surface area contributed by atoms with Gasteiger partial charge >= 0.3 is 6.09 Å². The number of benzene rings is 1. The molecule has 1 saturated carbocycles. The molecule has 9 nitrogen and oxygen atoms in total. The Morgan fingerprint density at radius 1 is 1.27 bits per heavy atom. The van der Waals surface area contributed by atoms with Crippen molar-refractivity contribution in [2.75, 3.05) is 13.1 Å². The van der Waals surface area contributed by atoms with Gasteiger partial charge in [0.1, 0.15) is 23.5 Å². The molecule has 10 heteroatoms. The van der Waals surface area contributed by atoms with E-state index in [2.05, 4.69) is 11.4 Å². The van der Waals surface area contributed by atoms with Crippen LogP contribution in [0, 0.1) is 23.1 Å². The average Bonchev–Trinajstić information content (AvgIpc) is 3.15. The lowest BCUT2D eigenvalue weighted by molar-refractivity contribution is -0.141. The van der Waals surface area contributed by atoms with Crippen LogP contribution in [0.2, 0.25) is 0 Å². The Kier molecular flexibility index (Phi) is 6.39. The molecule has 37 heavy (non-hydrogen) atoms. The molecule has 0 aromatic heterocycles. The molecule has 1 aromatic rings. The van der Waals surface area contributed by atoms with Crippen molar-refractivity contribution in [3.63, 3.8) is 0 Å². The number of carbonyl (C=O) groups excluding carboxylic acids is 3. The van der Waals surface area contributed by atoms with Gasteiger partial charge in [-0.3, -0.25) is 14.5 Å². The van der Waals surface area contributed by atoms with Crippen molar-refractivity contribution in [3.8, 4) is 6.07 Å². The second-order valence-electron chi connectivity index (χ2n) is 11.7. The highest BCUT2D eigenvalue weighted by atomic mass is 19.1. The van der Waals surface area contributed by atoms with E-state index in [4.69, 9.17) is 4.74 Å². The molecule has 3 aliphatic heterocycles. The van der Waals surface area contributed by atoms with Gasteiger partial charge in [0, 0.05) is 25.2 Å². The lowest BCUT2D eigenvalue weighted by Crippen LogP contribution is -2.59. The SMILES string of the molecule is C[C@H](c1cccc(F)c1)N1C(=O)[C@@H]2CC1CN2C[C@H](NC(=O)OC(C)(C)C)C(=O)N1[C@H](C#N)C[C@@H]2C[C@@H]21. The zero-order chi connectivity index (χ0) is 26.6. The first-order valence-corrected chi connectivity index (χ1v) is 13.0. The Morgan fingerprint density at radius 2 is 2.03 bits per heavy atom. The van der Waals surface area contributed by atoms with Gasteiger partial charge in [-0.1, -0.05) is 12.1 Å². The first-order valence-electron chi connectivity index (χ1n) is 13.0. The predicted molar refractivity (Wildman–Crippen MR) is 131 cm³/mol. The average molecular weight is 512 g/mol. The van der Waals surface area contributed by atoms with Gasteiger partial charge in [-0.2, -0.15) is 5.26 Å². The van der Waals surface area contributed by atoms with Crippen molar-refractivity contribution in [2.24, 2.45) is 5.92 Å². The van der Waals surface area contributed by atoms with Crippen molar-refractivity contribution in [1.29, 1.82) is 5.26 Å². The van der Waals surface area contributed by atoms with E-state index in [-0.39, 0.29) is 42.3 Å². The summed E-state index contributed by atoms with van der Waals surface area (Å²) in [6.45, 7) is 7.84. The summed E-state index contributed by atoms with van der Waals surface area (Å²) in [4.78, 5) is 45.1. The maximum absolute atomic E-state index is 13.8. The fourth-order valence-corrected chi connectivity index (χ4v) is 6.26. The van der Waals surface area contributed by atoms with Gasteiger partial charge in [0.05, 0.1) is 18.2 Å². The van der Waals surface area contributed by atoms with Crippen LogP contribution in [-0.2, 0) is 14.3 Å². The van der Waals surface area contributed by atoms with E-state index in [9.17, 15) is 24.0 Å². The topological polar surface area (TPSA) is 106 Å². The highest BCUT2D eigenvalue weighted by Crippen LogP contribution is 2.48. The molecule has 4 aliphatic rings. The molecular formula is C27H34FN5O4. The largest absolute Gasteiger partial charge is 0.444 e. The van der Waals surface area contributed by atoms with E-state index < -0.39 is 29.8 Å². The Bertz CT molecular complexity index is 1150. The van der Waals surface area contributed by atoms with Gasteiger partial charge < -0.3 is 19.9 Å². The maximum Gasteiger partial charge on any atom is 0.408 e. The molecule has 4 fully saturated rings. The van der Waals surface area contributed by atoms with E-state index in [1.54, 1.807) is 31.7 Å². The van der Waals surface area contributed by atoms with E-state index in [0.29, 0.717) is 25.3 Å². The number of hydrogen-bond acceptors (Lipinski definition) is 6. The van der Waals surface area contributed by atoms with Gasteiger partial charge in [0.15, 0.2) is 0 Å². The predicted octanol–water partition coefficient (Wildman–Crippen LogP) is 2.58. The molecule has 5 rings (SSSR count). The summed E-state index contributed by atoms with van der Waals surface area (Å²) in [5, 5.41) is 12.3. The number of likely N-dealkylation sites (tertiary alicyclic amines) is 3. The summed E-state index contributed by atoms with van der Waals surface area (Å²) in [6, 6.07) is 6.36. The Morgan fingerprint density at radius 3 is 2.68 bits per heavy atom. The molecule has 3 heterocycles. The number of piperazine rings is 1. The Labute approximate surface area is 216 Å². The number of fused-ring (bicyclic) bond motifs is 3. The summed E-state index contributed by atoms with van der Waals surface area (Å²) in [5.41, 5.74) is 0.000812. The normalized spacial score (nSPS) is 30.1. The molecule has 3 saturated heterocycles. The third-order valence-corrected chi connectivity index (χ3v) is 7.98. The summed E-state index contributed by atoms with van der Waals surface area (Å²) < 4.78 is 19.2. The second-order valence-corrected chi connectivity index (χ2v) is 11.7. The van der Waals surface area contributed by atoms with Crippen LogP contribution in [0.4, 0.5) is 9.18 Å². The molecule has 0 spiro atoms. The van der Waals surface area contributed by atoms with Crippen molar-refractivity contribution in [3.05, 3.63) is 35.6 Å². The summed E-state index contributed by atoms with van der Waals surface area (Å²) in [5.74, 6) is -0.358. The van der Waals surface area contributed by atoms with E-state index in [0.717, 1.165) is 12.0 Å². The van der Waals surface area contributed by atoms with Crippen LogP contribution in [0.15, 0.2) is 24.3 Å². The number of piperidine rings is 1. The lowest BCUT2D eigenvalue weighted by atomic mass is 10.1. The van der Waals surface area contributed by atoms with E-state index >= 15 is 0 Å². The van der Waals surface area contributed by atoms with Crippen LogP contribution < -0.4 is 5.32 Å². The number of nitrogens with zero attached hydrogens (tertiary/aromatic N) is 4. The summed E-state index contributed by atoms with van der Waals surface area (Å²) in [6.07, 6.45) is 1.44. The standard InChI is InChI=1S/C27H34FN5O4/c1-15(16-6-5-7-18(28)8-16)32-20-11-23(25(32)35)31(13-20)14-21(30-26(36)37-27(2,3)4)24(34)33-19(12-29)9-17-10-22(17)33/h5-8,15,17,19-23H,9-11,13-14H2,1-4H3,(H,30,36)/t15-,17-,19+,20?,21+,22+,23+/m1/s1. The Hall–Kier alpha value is -3.19. The van der Waals surface area contributed by atoms with Crippen LogP contribution >= 0.6 is 0 Å². The van der Waals surface area contributed by atoms with Gasteiger partial charge in [-0.25, -0.2) is 9.18 Å².